The van der Waals surface area contributed by atoms with Crippen LogP contribution in [0.25, 0.3) is 0 Å². The molecule has 23 heavy (non-hydrogen) atoms. The van der Waals surface area contributed by atoms with Crippen LogP contribution in [-0.2, 0) is 11.3 Å². The largest absolute Gasteiger partial charge is 0.357 e. The number of anilines is 1. The van der Waals surface area contributed by atoms with Gasteiger partial charge in [-0.15, -0.1) is 11.3 Å². The van der Waals surface area contributed by atoms with E-state index >= 15 is 0 Å². The maximum atomic E-state index is 13.1. The number of carbonyl (C=O) groups is 1. The fraction of sp³-hybridized carbons (Fsp3) is 0.250. The van der Waals surface area contributed by atoms with Crippen molar-refractivity contribution in [2.24, 2.45) is 4.99 Å². The lowest BCUT2D eigenvalue weighted by molar-refractivity contribution is -0.114. The molecule has 1 heterocycles. The minimum atomic E-state index is -0.391. The van der Waals surface area contributed by atoms with Gasteiger partial charge >= 0.3 is 0 Å². The molecule has 1 aromatic carbocycles. The number of amides is 1. The van der Waals surface area contributed by atoms with E-state index in [4.69, 9.17) is 0 Å². The predicted octanol–water partition coefficient (Wildman–Crippen LogP) is 2.58. The van der Waals surface area contributed by atoms with Crippen molar-refractivity contribution in [3.05, 3.63) is 52.5 Å². The molecule has 5 nitrogen and oxygen atoms in total. The maximum Gasteiger partial charge on any atom is 0.246 e. The Kier molecular flexibility index (Phi) is 6.56. The molecule has 0 saturated carbocycles. The predicted molar refractivity (Wildman–Crippen MR) is 92.2 cm³/mol. The summed E-state index contributed by atoms with van der Waals surface area (Å²) in [6.07, 6.45) is 0. The van der Waals surface area contributed by atoms with Gasteiger partial charge in [0.05, 0.1) is 6.54 Å². The average Bonchev–Trinajstić information content (AvgIpc) is 3.03. The molecule has 0 spiro atoms. The Morgan fingerprint density at radius 1 is 1.26 bits per heavy atom. The third-order valence-electron chi connectivity index (χ3n) is 2.84. The van der Waals surface area contributed by atoms with E-state index in [-0.39, 0.29) is 12.5 Å². The normalized spacial score (nSPS) is 11.1. The number of nitrogens with zero attached hydrogens (tertiary/aromatic N) is 1. The van der Waals surface area contributed by atoms with Crippen LogP contribution in [0.5, 0.6) is 0 Å². The van der Waals surface area contributed by atoms with Crippen molar-refractivity contribution in [2.75, 3.05) is 18.4 Å². The molecule has 0 aliphatic carbocycles. The molecule has 0 atom stereocenters. The van der Waals surface area contributed by atoms with Gasteiger partial charge in [0.1, 0.15) is 12.4 Å². The summed E-state index contributed by atoms with van der Waals surface area (Å²) in [5.41, 5.74) is 0.418. The summed E-state index contributed by atoms with van der Waals surface area (Å²) in [7, 11) is 0. The highest BCUT2D eigenvalue weighted by Crippen LogP contribution is 2.09. The average molecular weight is 334 g/mol. The highest BCUT2D eigenvalue weighted by atomic mass is 32.1. The molecular formula is C16H19FN4OS. The van der Waals surface area contributed by atoms with Crippen LogP contribution in [0, 0.1) is 5.82 Å². The summed E-state index contributed by atoms with van der Waals surface area (Å²) in [6, 6.07) is 9.77. The van der Waals surface area contributed by atoms with Gasteiger partial charge in [0.2, 0.25) is 5.91 Å². The summed E-state index contributed by atoms with van der Waals surface area (Å²) < 4.78 is 13.1. The Morgan fingerprint density at radius 3 is 2.83 bits per heavy atom. The zero-order valence-corrected chi connectivity index (χ0v) is 13.6. The number of rotatable bonds is 6. The molecule has 122 valence electrons. The molecule has 0 aliphatic rings. The Morgan fingerprint density at radius 2 is 2.13 bits per heavy atom. The lowest BCUT2D eigenvalue weighted by Gasteiger charge is -2.10. The van der Waals surface area contributed by atoms with E-state index in [1.54, 1.807) is 23.5 Å². The van der Waals surface area contributed by atoms with Gasteiger partial charge < -0.3 is 16.0 Å². The Balaban J connectivity index is 1.87. The van der Waals surface area contributed by atoms with Crippen LogP contribution in [0.4, 0.5) is 10.1 Å². The molecule has 0 radical (unpaired) electrons. The SMILES string of the molecule is CCNC(=NCC(=O)Nc1cccc(F)c1)NCc1cccs1. The van der Waals surface area contributed by atoms with Crippen LogP contribution >= 0.6 is 11.3 Å². The molecule has 0 bridgehead atoms. The maximum absolute atomic E-state index is 13.1. The third-order valence-corrected chi connectivity index (χ3v) is 3.72. The highest BCUT2D eigenvalue weighted by Gasteiger charge is 2.04. The van der Waals surface area contributed by atoms with Crippen molar-refractivity contribution in [2.45, 2.75) is 13.5 Å². The summed E-state index contributed by atoms with van der Waals surface area (Å²) in [6.45, 7) is 3.25. The number of hydrogen-bond acceptors (Lipinski definition) is 3. The Hall–Kier alpha value is -2.41. The van der Waals surface area contributed by atoms with Crippen LogP contribution in [0.3, 0.4) is 0 Å². The number of hydrogen-bond donors (Lipinski definition) is 3. The Bertz CT molecular complexity index is 658. The summed E-state index contributed by atoms with van der Waals surface area (Å²) >= 11 is 1.65. The van der Waals surface area contributed by atoms with E-state index in [0.29, 0.717) is 24.7 Å². The van der Waals surface area contributed by atoms with E-state index < -0.39 is 5.82 Å². The van der Waals surface area contributed by atoms with Gasteiger partial charge in [-0.1, -0.05) is 12.1 Å². The summed E-state index contributed by atoms with van der Waals surface area (Å²) in [5, 5.41) is 10.9. The van der Waals surface area contributed by atoms with Crippen LogP contribution < -0.4 is 16.0 Å². The second-order valence-electron chi connectivity index (χ2n) is 4.69. The van der Waals surface area contributed by atoms with Gasteiger partial charge in [-0.3, -0.25) is 4.79 Å². The number of guanidine groups is 1. The van der Waals surface area contributed by atoms with E-state index in [9.17, 15) is 9.18 Å². The molecule has 0 unspecified atom stereocenters. The smallest absolute Gasteiger partial charge is 0.246 e. The van der Waals surface area contributed by atoms with Crippen LogP contribution in [0.15, 0.2) is 46.8 Å². The van der Waals surface area contributed by atoms with E-state index in [1.165, 1.54) is 17.0 Å². The Labute approximate surface area is 138 Å². The van der Waals surface area contributed by atoms with Crippen LogP contribution in [-0.4, -0.2) is 25.0 Å². The van der Waals surface area contributed by atoms with Crippen LogP contribution in [0.2, 0.25) is 0 Å². The fourth-order valence-electron chi connectivity index (χ4n) is 1.84. The number of benzene rings is 1. The minimum Gasteiger partial charge on any atom is -0.357 e. The van der Waals surface area contributed by atoms with Crippen molar-refractivity contribution in [1.29, 1.82) is 0 Å². The molecule has 0 saturated heterocycles. The number of carbonyl (C=O) groups excluding carboxylic acids is 1. The standard InChI is InChI=1S/C16H19FN4OS/c1-2-18-16(19-10-14-7-4-8-23-14)20-11-15(22)21-13-6-3-5-12(17)9-13/h3-9H,2,10-11H2,1H3,(H,21,22)(H2,18,19,20). The van der Waals surface area contributed by atoms with Crippen molar-refractivity contribution in [3.8, 4) is 0 Å². The first-order valence-electron chi connectivity index (χ1n) is 7.27. The third kappa shape index (κ3) is 6.07. The molecular weight excluding hydrogens is 315 g/mol. The molecule has 1 amide bonds. The zero-order valence-electron chi connectivity index (χ0n) is 12.8. The van der Waals surface area contributed by atoms with E-state index in [2.05, 4.69) is 20.9 Å². The van der Waals surface area contributed by atoms with E-state index in [0.717, 1.165) is 0 Å². The molecule has 0 fully saturated rings. The molecule has 3 N–H and O–H groups in total. The topological polar surface area (TPSA) is 65.5 Å². The van der Waals surface area contributed by atoms with E-state index in [1.807, 2.05) is 24.4 Å². The van der Waals surface area contributed by atoms with Gasteiger partial charge in [0.25, 0.3) is 0 Å². The van der Waals surface area contributed by atoms with Gasteiger partial charge in [-0.25, -0.2) is 9.38 Å². The minimum absolute atomic E-state index is 0.0454. The van der Waals surface area contributed by atoms with Crippen molar-refractivity contribution in [1.82, 2.24) is 10.6 Å². The number of nitrogens with one attached hydrogen (secondary N) is 3. The number of halogens is 1. The second kappa shape index (κ2) is 8.89. The monoisotopic (exact) mass is 334 g/mol. The second-order valence-corrected chi connectivity index (χ2v) is 5.72. The molecule has 1 aromatic heterocycles. The highest BCUT2D eigenvalue weighted by molar-refractivity contribution is 7.09. The number of aliphatic imine (C=N–C) groups is 1. The summed E-state index contributed by atoms with van der Waals surface area (Å²) in [5.74, 6) is -0.128. The molecule has 2 aromatic rings. The first kappa shape index (κ1) is 17.0. The quantitative estimate of drug-likeness (QED) is 0.562. The fourth-order valence-corrected chi connectivity index (χ4v) is 2.49. The van der Waals surface area contributed by atoms with Crippen molar-refractivity contribution >= 4 is 28.9 Å². The summed E-state index contributed by atoms with van der Waals surface area (Å²) in [4.78, 5) is 17.3. The first-order valence-corrected chi connectivity index (χ1v) is 8.15. The van der Waals surface area contributed by atoms with Gasteiger partial charge in [0.15, 0.2) is 5.96 Å². The van der Waals surface area contributed by atoms with Crippen LogP contribution in [0.1, 0.15) is 11.8 Å². The van der Waals surface area contributed by atoms with Gasteiger partial charge in [-0.2, -0.15) is 0 Å². The first-order chi connectivity index (χ1) is 11.2. The molecule has 0 aliphatic heterocycles. The number of thiophene rings is 1. The zero-order chi connectivity index (χ0) is 16.5. The molecule has 2 rings (SSSR count). The van der Waals surface area contributed by atoms with Gasteiger partial charge in [0, 0.05) is 17.1 Å². The lowest BCUT2D eigenvalue weighted by atomic mass is 10.3. The lowest BCUT2D eigenvalue weighted by Crippen LogP contribution is -2.37. The van der Waals surface area contributed by atoms with Crippen molar-refractivity contribution < 1.29 is 9.18 Å². The van der Waals surface area contributed by atoms with Gasteiger partial charge in [-0.05, 0) is 36.6 Å². The molecule has 7 heteroatoms. The van der Waals surface area contributed by atoms with Crippen molar-refractivity contribution in [3.63, 3.8) is 0 Å².